The maximum absolute atomic E-state index is 12.0. The molecule has 1 rings (SSSR count). The van der Waals surface area contributed by atoms with E-state index in [1.807, 2.05) is 0 Å². The number of sulfone groups is 1. The van der Waals surface area contributed by atoms with Crippen LogP contribution in [0.5, 0.6) is 0 Å². The lowest BCUT2D eigenvalue weighted by Crippen LogP contribution is -2.36. The van der Waals surface area contributed by atoms with Crippen LogP contribution >= 0.6 is 11.6 Å². The quantitative estimate of drug-likeness (QED) is 0.861. The Morgan fingerprint density at radius 2 is 2.00 bits per heavy atom. The summed E-state index contributed by atoms with van der Waals surface area (Å²) < 4.78 is 23.1. The number of carbonyl (C=O) groups excluding carboxylic acids is 1. The molecule has 0 aromatic heterocycles. The van der Waals surface area contributed by atoms with Crippen molar-refractivity contribution >= 4 is 27.3 Å². The van der Waals surface area contributed by atoms with E-state index in [0.717, 1.165) is 6.26 Å². The monoisotopic (exact) mass is 319 g/mol. The first-order chi connectivity index (χ1) is 9.07. The molecule has 2 N–H and O–H groups in total. The number of hydrogen-bond acceptors (Lipinski definition) is 4. The average molecular weight is 320 g/mol. The Morgan fingerprint density at radius 3 is 2.50 bits per heavy atom. The lowest BCUT2D eigenvalue weighted by Gasteiger charge is -2.21. The maximum Gasteiger partial charge on any atom is 0.251 e. The molecule has 1 amide bonds. The van der Waals surface area contributed by atoms with Crippen LogP contribution in [0.3, 0.4) is 0 Å². The van der Waals surface area contributed by atoms with Crippen LogP contribution in [0.2, 0.25) is 5.02 Å². The van der Waals surface area contributed by atoms with Gasteiger partial charge in [-0.3, -0.25) is 4.79 Å². The summed E-state index contributed by atoms with van der Waals surface area (Å²) in [6.07, 6.45) is 1.03. The van der Waals surface area contributed by atoms with Gasteiger partial charge in [0.05, 0.1) is 9.92 Å². The van der Waals surface area contributed by atoms with E-state index in [2.05, 4.69) is 5.32 Å². The van der Waals surface area contributed by atoms with Crippen molar-refractivity contribution < 1.29 is 18.3 Å². The Kier molecular flexibility index (Phi) is 5.18. The van der Waals surface area contributed by atoms with E-state index in [9.17, 15) is 13.2 Å². The molecule has 7 heteroatoms. The number of aliphatic hydroxyl groups excluding tert-OH is 1. The molecule has 0 aliphatic heterocycles. The topological polar surface area (TPSA) is 83.5 Å². The zero-order valence-electron chi connectivity index (χ0n) is 11.6. The number of amides is 1. The predicted molar refractivity (Wildman–Crippen MR) is 77.8 cm³/mol. The number of benzene rings is 1. The summed E-state index contributed by atoms with van der Waals surface area (Å²) in [7, 11) is -3.49. The van der Waals surface area contributed by atoms with Crippen molar-refractivity contribution in [1.29, 1.82) is 0 Å². The minimum atomic E-state index is -3.49. The molecule has 5 nitrogen and oxygen atoms in total. The molecule has 0 aliphatic rings. The molecule has 20 heavy (non-hydrogen) atoms. The fourth-order valence-corrected chi connectivity index (χ4v) is 2.71. The van der Waals surface area contributed by atoms with Gasteiger partial charge in [-0.1, -0.05) is 25.4 Å². The number of aliphatic hydroxyl groups is 1. The van der Waals surface area contributed by atoms with Gasteiger partial charge in [-0.05, 0) is 18.2 Å². The second-order valence-electron chi connectivity index (χ2n) is 5.42. The first kappa shape index (κ1) is 16.9. The largest absolute Gasteiger partial charge is 0.396 e. The average Bonchev–Trinajstić information content (AvgIpc) is 2.35. The van der Waals surface area contributed by atoms with Crippen molar-refractivity contribution in [2.75, 3.05) is 19.4 Å². The van der Waals surface area contributed by atoms with Gasteiger partial charge in [0.1, 0.15) is 0 Å². The smallest absolute Gasteiger partial charge is 0.251 e. The molecule has 0 fully saturated rings. The van der Waals surface area contributed by atoms with Crippen LogP contribution in [-0.2, 0) is 9.84 Å². The highest BCUT2D eigenvalue weighted by Crippen LogP contribution is 2.22. The van der Waals surface area contributed by atoms with E-state index >= 15 is 0 Å². The van der Waals surface area contributed by atoms with Crippen molar-refractivity contribution in [3.05, 3.63) is 28.8 Å². The minimum absolute atomic E-state index is 0.0670. The molecule has 0 saturated heterocycles. The van der Waals surface area contributed by atoms with Gasteiger partial charge >= 0.3 is 0 Å². The molecule has 0 heterocycles. The molecular weight excluding hydrogens is 302 g/mol. The van der Waals surface area contributed by atoms with Crippen molar-refractivity contribution in [1.82, 2.24) is 5.32 Å². The second-order valence-corrected chi connectivity index (χ2v) is 7.81. The molecule has 0 spiro atoms. The summed E-state index contributed by atoms with van der Waals surface area (Å²) in [5, 5.41) is 11.9. The first-order valence-corrected chi connectivity index (χ1v) is 8.22. The second kappa shape index (κ2) is 6.11. The fraction of sp³-hybridized carbons (Fsp3) is 0.462. The van der Waals surface area contributed by atoms with Crippen LogP contribution in [0, 0.1) is 5.41 Å². The lowest BCUT2D eigenvalue weighted by molar-refractivity contribution is 0.0911. The van der Waals surface area contributed by atoms with Crippen LogP contribution in [0.4, 0.5) is 0 Å². The predicted octanol–water partition coefficient (Wildman–Crippen LogP) is 1.49. The fourth-order valence-electron chi connectivity index (χ4n) is 1.41. The van der Waals surface area contributed by atoms with Crippen LogP contribution in [0.25, 0.3) is 0 Å². The van der Waals surface area contributed by atoms with Crippen molar-refractivity contribution in [2.24, 2.45) is 5.41 Å². The molecule has 0 atom stereocenters. The van der Waals surface area contributed by atoms with Crippen molar-refractivity contribution in [3.8, 4) is 0 Å². The summed E-state index contributed by atoms with van der Waals surface area (Å²) >= 11 is 5.81. The van der Waals surface area contributed by atoms with Crippen LogP contribution < -0.4 is 5.32 Å². The van der Waals surface area contributed by atoms with Gasteiger partial charge in [0.25, 0.3) is 5.91 Å². The molecule has 0 aliphatic carbocycles. The van der Waals surface area contributed by atoms with Crippen LogP contribution in [0.15, 0.2) is 23.1 Å². The van der Waals surface area contributed by atoms with Crippen LogP contribution in [0.1, 0.15) is 24.2 Å². The Balaban J connectivity index is 2.96. The van der Waals surface area contributed by atoms with Gasteiger partial charge in [-0.15, -0.1) is 0 Å². The third kappa shape index (κ3) is 4.47. The third-order valence-electron chi connectivity index (χ3n) is 2.75. The summed E-state index contributed by atoms with van der Waals surface area (Å²) in [5.74, 6) is -0.409. The molecule has 112 valence electrons. The molecule has 0 saturated carbocycles. The van der Waals surface area contributed by atoms with Gasteiger partial charge < -0.3 is 10.4 Å². The number of hydrogen-bond donors (Lipinski definition) is 2. The van der Waals surface area contributed by atoms with E-state index in [0.29, 0.717) is 0 Å². The SMILES string of the molecule is CC(C)(CO)CNC(=O)c1ccc(Cl)c(S(C)(=O)=O)c1. The zero-order valence-corrected chi connectivity index (χ0v) is 13.2. The summed E-state index contributed by atoms with van der Waals surface area (Å²) in [4.78, 5) is 11.9. The Morgan fingerprint density at radius 1 is 1.40 bits per heavy atom. The summed E-state index contributed by atoms with van der Waals surface area (Å²) in [6, 6.07) is 4.08. The third-order valence-corrected chi connectivity index (χ3v) is 4.33. The zero-order chi connectivity index (χ0) is 15.6. The van der Waals surface area contributed by atoms with Gasteiger partial charge in [-0.25, -0.2) is 8.42 Å². The van der Waals surface area contributed by atoms with Gasteiger partial charge in [0.15, 0.2) is 9.84 Å². The Labute approximate surface area is 123 Å². The molecule has 0 unspecified atom stereocenters. The highest BCUT2D eigenvalue weighted by Gasteiger charge is 2.19. The van der Waals surface area contributed by atoms with Crippen LogP contribution in [-0.4, -0.2) is 38.8 Å². The van der Waals surface area contributed by atoms with Gasteiger partial charge in [0, 0.05) is 30.4 Å². The highest BCUT2D eigenvalue weighted by molar-refractivity contribution is 7.90. The minimum Gasteiger partial charge on any atom is -0.396 e. The number of halogens is 1. The van der Waals surface area contributed by atoms with Crippen molar-refractivity contribution in [2.45, 2.75) is 18.7 Å². The molecular formula is C13H18ClNO4S. The van der Waals surface area contributed by atoms with Gasteiger partial charge in [0.2, 0.25) is 0 Å². The molecule has 0 bridgehead atoms. The number of rotatable bonds is 5. The van der Waals surface area contributed by atoms with E-state index in [1.54, 1.807) is 13.8 Å². The molecule has 0 radical (unpaired) electrons. The molecule has 1 aromatic carbocycles. The van der Waals surface area contributed by atoms with Crippen molar-refractivity contribution in [3.63, 3.8) is 0 Å². The summed E-state index contributed by atoms with van der Waals surface area (Å²) in [5.41, 5.74) is -0.231. The molecule has 1 aromatic rings. The lowest BCUT2D eigenvalue weighted by atomic mass is 9.95. The number of nitrogens with one attached hydrogen (secondary N) is 1. The van der Waals surface area contributed by atoms with E-state index in [1.165, 1.54) is 18.2 Å². The first-order valence-electron chi connectivity index (χ1n) is 5.95. The van der Waals surface area contributed by atoms with E-state index in [4.69, 9.17) is 16.7 Å². The standard InChI is InChI=1S/C13H18ClNO4S/c1-13(2,8-16)7-15-12(17)9-4-5-10(14)11(6-9)20(3,18)19/h4-6,16H,7-8H2,1-3H3,(H,15,17). The highest BCUT2D eigenvalue weighted by atomic mass is 35.5. The number of carbonyl (C=O) groups is 1. The normalized spacial score (nSPS) is 12.2. The Bertz CT molecular complexity index is 611. The summed E-state index contributed by atoms with van der Waals surface area (Å²) in [6.45, 7) is 3.82. The van der Waals surface area contributed by atoms with E-state index < -0.39 is 21.2 Å². The van der Waals surface area contributed by atoms with E-state index in [-0.39, 0.29) is 28.6 Å². The Hall–Kier alpha value is -1.11. The van der Waals surface area contributed by atoms with Gasteiger partial charge in [-0.2, -0.15) is 0 Å². The maximum atomic E-state index is 12.0.